The van der Waals surface area contributed by atoms with Crippen LogP contribution < -0.4 is 4.74 Å². The van der Waals surface area contributed by atoms with Crippen molar-refractivity contribution >= 4 is 5.78 Å². The van der Waals surface area contributed by atoms with Gasteiger partial charge in [0.1, 0.15) is 5.75 Å². The Balaban J connectivity index is 2.21. The molecule has 3 nitrogen and oxygen atoms in total. The average molecular weight is 275 g/mol. The molecule has 0 unspecified atom stereocenters. The number of ether oxygens (including phenoxy) is 1. The van der Waals surface area contributed by atoms with Crippen LogP contribution in [0.2, 0.25) is 0 Å². The lowest BCUT2D eigenvalue weighted by molar-refractivity contribution is 0.0941. The van der Waals surface area contributed by atoms with Crippen LogP contribution in [0.15, 0.2) is 18.2 Å². The molecule has 0 bridgehead atoms. The Morgan fingerprint density at radius 1 is 1.30 bits per heavy atom. The van der Waals surface area contributed by atoms with Gasteiger partial charge in [0.25, 0.3) is 0 Å². The third-order valence-electron chi connectivity index (χ3n) is 3.84. The molecule has 0 aliphatic carbocycles. The molecule has 0 amide bonds. The minimum absolute atomic E-state index is 0.179. The standard InChI is InChI=1S/C17H25NO2/c1-4-20-17-8-7-14(13(2)3)11-15(17)16(19)12-18-9-5-6-10-18/h7-8,11,13H,4-6,9-10,12H2,1-3H3. The average Bonchev–Trinajstić information content (AvgIpc) is 2.92. The predicted octanol–water partition coefficient (Wildman–Crippen LogP) is 3.49. The Kier molecular flexibility index (Phi) is 5.18. The van der Waals surface area contributed by atoms with E-state index in [1.165, 1.54) is 18.4 Å². The van der Waals surface area contributed by atoms with E-state index < -0.39 is 0 Å². The number of benzene rings is 1. The molecule has 0 aromatic heterocycles. The monoisotopic (exact) mass is 275 g/mol. The number of hydrogen-bond acceptors (Lipinski definition) is 3. The fourth-order valence-electron chi connectivity index (χ4n) is 2.63. The quantitative estimate of drug-likeness (QED) is 0.744. The lowest BCUT2D eigenvalue weighted by atomic mass is 9.98. The Morgan fingerprint density at radius 2 is 2.00 bits per heavy atom. The first kappa shape index (κ1) is 15.0. The highest BCUT2D eigenvalue weighted by Crippen LogP contribution is 2.25. The molecule has 0 spiro atoms. The van der Waals surface area contributed by atoms with Crippen molar-refractivity contribution in [3.8, 4) is 5.75 Å². The van der Waals surface area contributed by atoms with E-state index in [1.807, 2.05) is 19.1 Å². The first-order valence-electron chi connectivity index (χ1n) is 7.64. The van der Waals surface area contributed by atoms with Gasteiger partial charge in [-0.1, -0.05) is 19.9 Å². The number of nitrogens with zero attached hydrogens (tertiary/aromatic N) is 1. The molecule has 0 N–H and O–H groups in total. The maximum Gasteiger partial charge on any atom is 0.180 e. The van der Waals surface area contributed by atoms with Gasteiger partial charge in [0.05, 0.1) is 18.7 Å². The summed E-state index contributed by atoms with van der Waals surface area (Å²) in [5, 5.41) is 0. The molecule has 20 heavy (non-hydrogen) atoms. The fraction of sp³-hybridized carbons (Fsp3) is 0.588. The molecule has 0 atom stereocenters. The van der Waals surface area contributed by atoms with Crippen molar-refractivity contribution < 1.29 is 9.53 Å². The van der Waals surface area contributed by atoms with Crippen molar-refractivity contribution in [2.24, 2.45) is 0 Å². The van der Waals surface area contributed by atoms with Crippen molar-refractivity contribution in [2.75, 3.05) is 26.2 Å². The number of rotatable bonds is 6. The summed E-state index contributed by atoms with van der Waals surface area (Å²) in [4.78, 5) is 14.8. The smallest absolute Gasteiger partial charge is 0.180 e. The summed E-state index contributed by atoms with van der Waals surface area (Å²) in [7, 11) is 0. The van der Waals surface area contributed by atoms with Gasteiger partial charge in [-0.15, -0.1) is 0 Å². The van der Waals surface area contributed by atoms with Gasteiger partial charge in [-0.05, 0) is 56.5 Å². The maximum atomic E-state index is 12.5. The summed E-state index contributed by atoms with van der Waals surface area (Å²) in [6.45, 7) is 9.42. The molecular weight excluding hydrogens is 250 g/mol. The first-order valence-corrected chi connectivity index (χ1v) is 7.64. The molecular formula is C17H25NO2. The lowest BCUT2D eigenvalue weighted by Gasteiger charge is -2.17. The number of hydrogen-bond donors (Lipinski definition) is 0. The lowest BCUT2D eigenvalue weighted by Crippen LogP contribution is -2.27. The van der Waals surface area contributed by atoms with E-state index in [-0.39, 0.29) is 5.78 Å². The molecule has 110 valence electrons. The topological polar surface area (TPSA) is 29.5 Å². The van der Waals surface area contributed by atoms with E-state index in [1.54, 1.807) is 0 Å². The second-order valence-electron chi connectivity index (χ2n) is 5.75. The predicted molar refractivity (Wildman–Crippen MR) is 81.7 cm³/mol. The highest BCUT2D eigenvalue weighted by molar-refractivity contribution is 6.00. The first-order chi connectivity index (χ1) is 9.61. The molecule has 0 saturated carbocycles. The Morgan fingerprint density at radius 3 is 2.60 bits per heavy atom. The molecule has 1 saturated heterocycles. The molecule has 2 rings (SSSR count). The van der Waals surface area contributed by atoms with Gasteiger partial charge in [-0.2, -0.15) is 0 Å². The highest BCUT2D eigenvalue weighted by atomic mass is 16.5. The number of carbonyl (C=O) groups excluding carboxylic acids is 1. The van der Waals surface area contributed by atoms with Crippen molar-refractivity contribution in [1.82, 2.24) is 4.90 Å². The van der Waals surface area contributed by atoms with Crippen LogP contribution in [0.3, 0.4) is 0 Å². The zero-order valence-corrected chi connectivity index (χ0v) is 12.8. The Labute approximate surface area is 121 Å². The van der Waals surface area contributed by atoms with Gasteiger partial charge >= 0.3 is 0 Å². The molecule has 3 heteroatoms. The summed E-state index contributed by atoms with van der Waals surface area (Å²) >= 11 is 0. The summed E-state index contributed by atoms with van der Waals surface area (Å²) < 4.78 is 5.62. The van der Waals surface area contributed by atoms with Crippen molar-refractivity contribution in [3.63, 3.8) is 0 Å². The molecule has 1 aromatic rings. The molecule has 1 aliphatic heterocycles. The molecule has 1 aliphatic rings. The van der Waals surface area contributed by atoms with E-state index in [0.29, 0.717) is 19.1 Å². The third-order valence-corrected chi connectivity index (χ3v) is 3.84. The number of Topliss-reactive ketones (excluding diaryl/α,β-unsaturated/α-hetero) is 1. The van der Waals surface area contributed by atoms with Crippen LogP contribution in [0.1, 0.15) is 55.5 Å². The molecule has 0 radical (unpaired) electrons. The van der Waals surface area contributed by atoms with Crippen LogP contribution in [0.4, 0.5) is 0 Å². The fourth-order valence-corrected chi connectivity index (χ4v) is 2.63. The normalized spacial score (nSPS) is 15.8. The summed E-state index contributed by atoms with van der Waals surface area (Å²) in [6.07, 6.45) is 2.41. The van der Waals surface area contributed by atoms with Crippen molar-refractivity contribution in [1.29, 1.82) is 0 Å². The van der Waals surface area contributed by atoms with E-state index in [4.69, 9.17) is 4.74 Å². The third kappa shape index (κ3) is 3.60. The van der Waals surface area contributed by atoms with Gasteiger partial charge in [0.15, 0.2) is 5.78 Å². The van der Waals surface area contributed by atoms with Crippen LogP contribution in [0.25, 0.3) is 0 Å². The minimum atomic E-state index is 0.179. The molecule has 1 fully saturated rings. The number of ketones is 1. The molecule has 1 heterocycles. The van der Waals surface area contributed by atoms with Gasteiger partial charge in [0.2, 0.25) is 0 Å². The summed E-state index contributed by atoms with van der Waals surface area (Å²) in [5.41, 5.74) is 1.93. The van der Waals surface area contributed by atoms with E-state index in [9.17, 15) is 4.79 Å². The summed E-state index contributed by atoms with van der Waals surface area (Å²) in [5.74, 6) is 1.32. The van der Waals surface area contributed by atoms with E-state index in [2.05, 4.69) is 24.8 Å². The Bertz CT molecular complexity index is 462. The van der Waals surface area contributed by atoms with E-state index >= 15 is 0 Å². The SMILES string of the molecule is CCOc1ccc(C(C)C)cc1C(=O)CN1CCCC1. The summed E-state index contributed by atoms with van der Waals surface area (Å²) in [6, 6.07) is 6.01. The van der Waals surface area contributed by atoms with Crippen LogP contribution in [-0.4, -0.2) is 36.9 Å². The minimum Gasteiger partial charge on any atom is -0.493 e. The van der Waals surface area contributed by atoms with Crippen LogP contribution >= 0.6 is 0 Å². The maximum absolute atomic E-state index is 12.5. The van der Waals surface area contributed by atoms with Gasteiger partial charge in [-0.25, -0.2) is 0 Å². The second-order valence-corrected chi connectivity index (χ2v) is 5.75. The van der Waals surface area contributed by atoms with E-state index in [0.717, 1.165) is 24.4 Å². The Hall–Kier alpha value is -1.35. The van der Waals surface area contributed by atoms with Gasteiger partial charge < -0.3 is 4.74 Å². The largest absolute Gasteiger partial charge is 0.493 e. The zero-order valence-electron chi connectivity index (χ0n) is 12.8. The number of carbonyl (C=O) groups is 1. The second kappa shape index (κ2) is 6.89. The van der Waals surface area contributed by atoms with Gasteiger partial charge in [-0.3, -0.25) is 9.69 Å². The van der Waals surface area contributed by atoms with Crippen LogP contribution in [0, 0.1) is 0 Å². The molecule has 1 aromatic carbocycles. The van der Waals surface area contributed by atoms with Crippen molar-refractivity contribution in [2.45, 2.75) is 39.5 Å². The van der Waals surface area contributed by atoms with Crippen molar-refractivity contribution in [3.05, 3.63) is 29.3 Å². The number of likely N-dealkylation sites (tertiary alicyclic amines) is 1. The van der Waals surface area contributed by atoms with Gasteiger partial charge in [0, 0.05) is 0 Å². The zero-order chi connectivity index (χ0) is 14.5. The van der Waals surface area contributed by atoms with Crippen LogP contribution in [-0.2, 0) is 0 Å². The highest BCUT2D eigenvalue weighted by Gasteiger charge is 2.19. The van der Waals surface area contributed by atoms with Crippen LogP contribution in [0.5, 0.6) is 5.75 Å².